The molecule has 1 saturated carbocycles. The maximum absolute atomic E-state index is 5.74. The van der Waals surface area contributed by atoms with Crippen LogP contribution in [0, 0.1) is 5.92 Å². The zero-order valence-electron chi connectivity index (χ0n) is 11.8. The molecule has 2 heterocycles. The molecule has 21 heavy (non-hydrogen) atoms. The fourth-order valence-corrected chi connectivity index (χ4v) is 2.71. The Morgan fingerprint density at radius 3 is 3.10 bits per heavy atom. The number of rotatable bonds is 4. The summed E-state index contributed by atoms with van der Waals surface area (Å²) in [4.78, 5) is 4.51. The Balaban J connectivity index is 1.69. The van der Waals surface area contributed by atoms with E-state index in [0.29, 0.717) is 24.2 Å². The minimum atomic E-state index is -0.0684. The number of hydrogen-bond acceptors (Lipinski definition) is 6. The number of benzene rings is 1. The number of nitrogens with zero attached hydrogens (tertiary/aromatic N) is 2. The van der Waals surface area contributed by atoms with Crippen LogP contribution in [0.25, 0.3) is 11.5 Å². The quantitative estimate of drug-likeness (QED) is 0.932. The van der Waals surface area contributed by atoms with Crippen LogP contribution >= 0.6 is 0 Å². The summed E-state index contributed by atoms with van der Waals surface area (Å²) in [5.41, 5.74) is 1.79. The van der Waals surface area contributed by atoms with Gasteiger partial charge in [-0.2, -0.15) is 4.98 Å². The molecule has 2 aliphatic rings. The second-order valence-electron chi connectivity index (χ2n) is 5.41. The number of hydrogen-bond donors (Lipinski definition) is 1. The minimum absolute atomic E-state index is 0.0684. The van der Waals surface area contributed by atoms with Crippen molar-refractivity contribution in [2.24, 2.45) is 5.92 Å². The van der Waals surface area contributed by atoms with Gasteiger partial charge in [0.1, 0.15) is 12.7 Å². The number of anilines is 1. The molecule has 1 N–H and O–H groups in total. The zero-order valence-corrected chi connectivity index (χ0v) is 11.8. The molecule has 2 aromatic rings. The summed E-state index contributed by atoms with van der Waals surface area (Å²) in [5, 5.41) is 7.39. The molecule has 110 valence electrons. The van der Waals surface area contributed by atoms with Crippen molar-refractivity contribution in [2.75, 3.05) is 25.6 Å². The van der Waals surface area contributed by atoms with Crippen molar-refractivity contribution in [3.05, 3.63) is 24.0 Å². The first-order chi connectivity index (χ1) is 10.4. The normalized spacial score (nSPS) is 18.5. The van der Waals surface area contributed by atoms with Gasteiger partial charge in [0, 0.05) is 13.7 Å². The first-order valence-electron chi connectivity index (χ1n) is 7.23. The third-order valence-electron chi connectivity index (χ3n) is 3.91. The van der Waals surface area contributed by atoms with Gasteiger partial charge in [0.25, 0.3) is 5.89 Å². The molecule has 6 nitrogen and oxygen atoms in total. The Morgan fingerprint density at radius 1 is 1.38 bits per heavy atom. The number of nitrogens with one attached hydrogen (secondary N) is 1. The van der Waals surface area contributed by atoms with E-state index in [2.05, 4.69) is 15.5 Å². The summed E-state index contributed by atoms with van der Waals surface area (Å²) in [6, 6.07) is 5.87. The molecule has 1 aromatic heterocycles. The van der Waals surface area contributed by atoms with Gasteiger partial charge < -0.3 is 19.3 Å². The lowest BCUT2D eigenvalue weighted by molar-refractivity contribution is 0.0751. The summed E-state index contributed by atoms with van der Waals surface area (Å²) in [6.07, 6.45) is 2.26. The van der Waals surface area contributed by atoms with Gasteiger partial charge in [-0.25, -0.2) is 0 Å². The first kappa shape index (κ1) is 12.6. The van der Waals surface area contributed by atoms with Gasteiger partial charge in [-0.3, -0.25) is 0 Å². The van der Waals surface area contributed by atoms with Crippen molar-refractivity contribution < 1.29 is 14.0 Å². The van der Waals surface area contributed by atoms with Gasteiger partial charge in [0.15, 0.2) is 5.75 Å². The van der Waals surface area contributed by atoms with Crippen LogP contribution in [0.2, 0.25) is 0 Å². The van der Waals surface area contributed by atoms with E-state index < -0.39 is 0 Å². The number of para-hydroxylation sites is 1. The molecule has 0 radical (unpaired) electrons. The smallest absolute Gasteiger partial charge is 0.261 e. The van der Waals surface area contributed by atoms with Crippen LogP contribution in [0.5, 0.6) is 5.75 Å². The van der Waals surface area contributed by atoms with E-state index in [0.717, 1.165) is 36.4 Å². The highest BCUT2D eigenvalue weighted by Crippen LogP contribution is 2.43. The Bertz CT molecular complexity index is 651. The summed E-state index contributed by atoms with van der Waals surface area (Å²) in [7, 11) is 1.69. The van der Waals surface area contributed by atoms with E-state index in [1.165, 1.54) is 0 Å². The van der Waals surface area contributed by atoms with E-state index >= 15 is 0 Å². The lowest BCUT2D eigenvalue weighted by atomic mass is 10.1. The topological polar surface area (TPSA) is 69.4 Å². The second-order valence-corrected chi connectivity index (χ2v) is 5.41. The van der Waals surface area contributed by atoms with E-state index in [-0.39, 0.29) is 6.10 Å². The Morgan fingerprint density at radius 2 is 2.29 bits per heavy atom. The van der Waals surface area contributed by atoms with Crippen LogP contribution in [0.1, 0.15) is 24.8 Å². The third-order valence-corrected chi connectivity index (χ3v) is 3.91. The summed E-state index contributed by atoms with van der Waals surface area (Å²) < 4.78 is 16.7. The van der Waals surface area contributed by atoms with Crippen LogP contribution in [0.15, 0.2) is 22.7 Å². The van der Waals surface area contributed by atoms with Gasteiger partial charge in [-0.05, 0) is 30.9 Å². The Kier molecular flexibility index (Phi) is 3.03. The van der Waals surface area contributed by atoms with Crippen molar-refractivity contribution in [1.82, 2.24) is 10.1 Å². The van der Waals surface area contributed by atoms with E-state index in [4.69, 9.17) is 14.0 Å². The van der Waals surface area contributed by atoms with Gasteiger partial charge in [-0.1, -0.05) is 11.2 Å². The highest BCUT2D eigenvalue weighted by Gasteiger charge is 2.36. The van der Waals surface area contributed by atoms with Crippen LogP contribution < -0.4 is 10.1 Å². The lowest BCUT2D eigenvalue weighted by Crippen LogP contribution is -2.18. The molecule has 1 aromatic carbocycles. The number of methoxy groups -OCH3 is 1. The number of ether oxygens (including phenoxy) is 2. The molecular formula is C15H17N3O3. The highest BCUT2D eigenvalue weighted by molar-refractivity contribution is 5.74. The molecular weight excluding hydrogens is 270 g/mol. The average Bonchev–Trinajstić information content (AvgIpc) is 3.25. The third kappa shape index (κ3) is 2.25. The maximum atomic E-state index is 5.74. The van der Waals surface area contributed by atoms with Gasteiger partial charge >= 0.3 is 0 Å². The van der Waals surface area contributed by atoms with E-state index in [1.54, 1.807) is 7.11 Å². The summed E-state index contributed by atoms with van der Waals surface area (Å²) in [5.74, 6) is 2.40. The highest BCUT2D eigenvalue weighted by atomic mass is 16.5. The van der Waals surface area contributed by atoms with Crippen molar-refractivity contribution in [1.29, 1.82) is 0 Å². The van der Waals surface area contributed by atoms with Crippen molar-refractivity contribution in [3.8, 4) is 17.2 Å². The predicted molar refractivity (Wildman–Crippen MR) is 76.2 cm³/mol. The maximum Gasteiger partial charge on any atom is 0.261 e. The average molecular weight is 287 g/mol. The van der Waals surface area contributed by atoms with Gasteiger partial charge in [-0.15, -0.1) is 0 Å². The molecule has 0 bridgehead atoms. The molecule has 4 rings (SSSR count). The molecule has 1 unspecified atom stereocenters. The standard InChI is InChI=1S/C15H17N3O3/c1-19-12(9-5-6-9)14-17-15(21-18-14)10-3-2-4-11-13(10)20-8-7-16-11/h2-4,9,12,16H,5-8H2,1H3. The first-order valence-corrected chi connectivity index (χ1v) is 7.23. The Labute approximate surface area is 122 Å². The predicted octanol–water partition coefficient (Wildman–Crippen LogP) is 2.64. The van der Waals surface area contributed by atoms with Crippen molar-refractivity contribution in [3.63, 3.8) is 0 Å². The van der Waals surface area contributed by atoms with Crippen LogP contribution in [0.4, 0.5) is 5.69 Å². The summed E-state index contributed by atoms with van der Waals surface area (Å²) >= 11 is 0. The van der Waals surface area contributed by atoms with Gasteiger partial charge in [0.05, 0.1) is 11.3 Å². The molecule has 0 spiro atoms. The minimum Gasteiger partial charge on any atom is -0.489 e. The fraction of sp³-hybridized carbons (Fsp3) is 0.467. The van der Waals surface area contributed by atoms with Crippen molar-refractivity contribution >= 4 is 5.69 Å². The zero-order chi connectivity index (χ0) is 14.2. The molecule has 0 amide bonds. The van der Waals surface area contributed by atoms with Crippen molar-refractivity contribution in [2.45, 2.75) is 18.9 Å². The summed E-state index contributed by atoms with van der Waals surface area (Å²) in [6.45, 7) is 1.44. The number of aromatic nitrogens is 2. The van der Waals surface area contributed by atoms with Crippen LogP contribution in [-0.4, -0.2) is 30.4 Å². The van der Waals surface area contributed by atoms with Crippen LogP contribution in [-0.2, 0) is 4.74 Å². The molecule has 1 aliphatic carbocycles. The van der Waals surface area contributed by atoms with Gasteiger partial charge in [0.2, 0.25) is 5.82 Å². The Hall–Kier alpha value is -2.08. The molecule has 0 saturated heterocycles. The second kappa shape index (κ2) is 5.04. The van der Waals surface area contributed by atoms with Crippen LogP contribution in [0.3, 0.4) is 0 Å². The SMILES string of the molecule is COC(c1noc(-c2cccc3c2OCCN3)n1)C1CC1. The van der Waals surface area contributed by atoms with E-state index in [1.807, 2.05) is 18.2 Å². The fourth-order valence-electron chi connectivity index (χ4n) is 2.71. The lowest BCUT2D eigenvalue weighted by Gasteiger charge is -2.20. The monoisotopic (exact) mass is 287 g/mol. The van der Waals surface area contributed by atoms with E-state index in [9.17, 15) is 0 Å². The largest absolute Gasteiger partial charge is 0.489 e. The molecule has 1 fully saturated rings. The molecule has 1 aliphatic heterocycles. The number of fused-ring (bicyclic) bond motifs is 1. The molecule has 6 heteroatoms. The molecule has 1 atom stereocenters.